The maximum Gasteiger partial charge on any atom is 2.00 e. The number of fused-ring (bicyclic) bond motifs is 20. The molecular weight excluding hydrogens is 736 g/mol. The minimum Gasteiger partial charge on any atom is -0.545 e. The van der Waals surface area contributed by atoms with E-state index in [9.17, 15) is 39.6 Å². The number of carboxylic acid groups (broad SMARTS) is 4. The average molecular weight is 752 g/mol. The quantitative estimate of drug-likeness (QED) is 0.215. The van der Waals surface area contributed by atoms with E-state index in [4.69, 9.17) is 0 Å². The number of aromatic carboxylic acids is 4. The first-order valence-corrected chi connectivity index (χ1v) is 15.2. The number of nitrogens with zero attached hydrogens (tertiary/aromatic N) is 8. The van der Waals surface area contributed by atoms with Gasteiger partial charge in [-0.1, -0.05) is 48.5 Å². The molecule has 2 aliphatic rings. The van der Waals surface area contributed by atoms with Gasteiger partial charge in [-0.15, -0.1) is 0 Å². The van der Waals surface area contributed by atoms with Crippen LogP contribution < -0.4 is 30.4 Å². The summed E-state index contributed by atoms with van der Waals surface area (Å²) in [5.41, 5.74) is 0.547. The van der Waals surface area contributed by atoms with Gasteiger partial charge in [0.25, 0.3) is 0 Å². The molecule has 8 bridgehead atoms. The maximum absolute atomic E-state index is 11.8. The minimum absolute atomic E-state index is 0. The summed E-state index contributed by atoms with van der Waals surface area (Å²) in [7, 11) is 0. The molecule has 0 saturated heterocycles. The van der Waals surface area contributed by atoms with Crippen molar-refractivity contribution in [1.29, 1.82) is 0 Å². The van der Waals surface area contributed by atoms with Crippen molar-refractivity contribution in [2.75, 3.05) is 0 Å². The Balaban J connectivity index is 0.00000144. The van der Waals surface area contributed by atoms with E-state index in [1.54, 1.807) is 0 Å². The largest absolute Gasteiger partial charge is 2.00 e. The monoisotopic (exact) mass is 751 g/mol. The Morgan fingerprint density at radius 1 is 0.396 bits per heavy atom. The Labute approximate surface area is 310 Å². The number of hydrogen-bond donors (Lipinski definition) is 0. The van der Waals surface area contributed by atoms with Crippen LogP contribution in [-0.4, -0.2) is 53.8 Å². The van der Waals surface area contributed by atoms with Crippen molar-refractivity contribution in [1.82, 2.24) is 39.9 Å². The summed E-state index contributed by atoms with van der Waals surface area (Å²) in [6.07, 6.45) is 0. The molecule has 259 valence electrons. The Bertz CT molecular complexity index is 2830. The second-order valence-electron chi connectivity index (χ2n) is 11.7. The van der Waals surface area contributed by atoms with Crippen molar-refractivity contribution >= 4 is 68.0 Å². The number of hydrogen-bond acceptors (Lipinski definition) is 14. The topological polar surface area (TPSA) is 266 Å². The van der Waals surface area contributed by atoms with Crippen LogP contribution in [0.3, 0.4) is 0 Å². The zero-order chi connectivity index (χ0) is 36.0. The fourth-order valence-corrected chi connectivity index (χ4v) is 6.17. The van der Waals surface area contributed by atoms with Crippen LogP contribution in [0.5, 0.6) is 0 Å². The number of rotatable bonds is 4. The number of benzene rings is 4. The van der Waals surface area contributed by atoms with E-state index >= 15 is 0 Å². The second kappa shape index (κ2) is 11.9. The van der Waals surface area contributed by atoms with Gasteiger partial charge in [-0.3, -0.25) is 0 Å². The first kappa shape index (κ1) is 32.8. The van der Waals surface area contributed by atoms with Crippen molar-refractivity contribution in [2.24, 2.45) is 0 Å². The molecule has 3 aromatic heterocycles. The molecule has 0 spiro atoms. The van der Waals surface area contributed by atoms with Gasteiger partial charge in [-0.05, 0) is 68.1 Å². The van der Waals surface area contributed by atoms with Crippen LogP contribution in [0.1, 0.15) is 47.1 Å². The molecule has 2 aliphatic heterocycles. The van der Waals surface area contributed by atoms with Crippen molar-refractivity contribution in [3.63, 3.8) is 0 Å². The SMILES string of the molecule is O=C([O-])c1ccc2c(c1)-c1nc-2nc2[n-]c(nc3nc(nc4[n-]c(n1)c1ccc(C(=O)[O-])cc41)-c1ccc(C(=O)[O-])cc1-3)c1ccc(C(=O)[O-])cc21.[Cu+2].[H+].[H+].[H+].[H+]. The van der Waals surface area contributed by atoms with Crippen molar-refractivity contribution in [2.45, 2.75) is 0 Å². The first-order chi connectivity index (χ1) is 25.0. The van der Waals surface area contributed by atoms with Crippen LogP contribution in [-0.2, 0) is 17.1 Å². The van der Waals surface area contributed by atoms with E-state index in [1.165, 1.54) is 72.8 Å². The molecule has 53 heavy (non-hydrogen) atoms. The Hall–Kier alpha value is -7.36. The summed E-state index contributed by atoms with van der Waals surface area (Å²) < 4.78 is 0. The molecule has 1 radical (unpaired) electrons. The summed E-state index contributed by atoms with van der Waals surface area (Å²) in [5.74, 6) is -5.77. The fraction of sp³-hybridized carbons (Fsp3) is 0. The van der Waals surface area contributed by atoms with Crippen molar-refractivity contribution in [3.8, 4) is 45.6 Å². The van der Waals surface area contributed by atoms with Crippen LogP contribution >= 0.6 is 0 Å². The summed E-state index contributed by atoms with van der Waals surface area (Å²) in [4.78, 5) is 84.4. The fourth-order valence-electron chi connectivity index (χ4n) is 6.17. The molecule has 7 aromatic rings. The van der Waals surface area contributed by atoms with E-state index in [-0.39, 0.29) is 113 Å². The molecular formula is C36H16CuN8O8. The third kappa shape index (κ3) is 5.22. The number of carbonyl (C=O) groups is 4. The van der Waals surface area contributed by atoms with Gasteiger partial charge in [-0.2, -0.15) is 0 Å². The molecule has 0 atom stereocenters. The third-order valence-corrected chi connectivity index (χ3v) is 8.64. The van der Waals surface area contributed by atoms with Crippen molar-refractivity contribution in [3.05, 3.63) is 95.1 Å². The van der Waals surface area contributed by atoms with Crippen LogP contribution in [0.4, 0.5) is 0 Å². The molecule has 17 heteroatoms. The minimum atomic E-state index is -1.45. The molecule has 0 aliphatic carbocycles. The summed E-state index contributed by atoms with van der Waals surface area (Å²) in [6, 6.07) is 16.3. The maximum atomic E-state index is 11.8. The second-order valence-corrected chi connectivity index (χ2v) is 11.7. The first-order valence-electron chi connectivity index (χ1n) is 15.2. The summed E-state index contributed by atoms with van der Waals surface area (Å²) >= 11 is 0. The van der Waals surface area contributed by atoms with E-state index in [0.717, 1.165) is 0 Å². The molecule has 0 amide bonds. The molecule has 0 unspecified atom stereocenters. The zero-order valence-corrected chi connectivity index (χ0v) is 27.0. The van der Waals surface area contributed by atoms with Gasteiger partial charge in [0.05, 0.1) is 47.2 Å². The molecule has 9 rings (SSSR count). The van der Waals surface area contributed by atoms with E-state index in [1.807, 2.05) is 0 Å². The van der Waals surface area contributed by atoms with Gasteiger partial charge >= 0.3 is 22.8 Å². The van der Waals surface area contributed by atoms with Crippen LogP contribution in [0.15, 0.2) is 72.8 Å². The Morgan fingerprint density at radius 3 is 1.06 bits per heavy atom. The van der Waals surface area contributed by atoms with Crippen LogP contribution in [0, 0.1) is 0 Å². The number of carbonyl (C=O) groups excluding carboxylic acids is 4. The van der Waals surface area contributed by atoms with E-state index in [2.05, 4.69) is 39.9 Å². The van der Waals surface area contributed by atoms with E-state index < -0.39 is 23.9 Å². The van der Waals surface area contributed by atoms with Crippen LogP contribution in [0.2, 0.25) is 0 Å². The normalized spacial score (nSPS) is 11.5. The predicted molar refractivity (Wildman–Crippen MR) is 176 cm³/mol. The summed E-state index contributed by atoms with van der Waals surface area (Å²) in [5, 5.41) is 48.6. The van der Waals surface area contributed by atoms with Gasteiger partial charge < -0.3 is 69.5 Å². The smallest absolute Gasteiger partial charge is 0.545 e. The molecule has 0 saturated carbocycles. The molecule has 4 aromatic carbocycles. The van der Waals surface area contributed by atoms with Gasteiger partial charge in [0.15, 0.2) is 0 Å². The molecule has 5 heterocycles. The average Bonchev–Trinajstić information content (AvgIpc) is 3.85. The van der Waals surface area contributed by atoms with Gasteiger partial charge in [0, 0.05) is 44.8 Å². The van der Waals surface area contributed by atoms with Gasteiger partial charge in [0.1, 0.15) is 0 Å². The van der Waals surface area contributed by atoms with Crippen LogP contribution in [0.25, 0.3) is 89.7 Å². The van der Waals surface area contributed by atoms with Gasteiger partial charge in [0.2, 0.25) is 0 Å². The summed E-state index contributed by atoms with van der Waals surface area (Å²) in [6.45, 7) is 0. The Morgan fingerprint density at radius 2 is 0.698 bits per heavy atom. The third-order valence-electron chi connectivity index (χ3n) is 8.64. The standard InChI is InChI=1S/C36H18N8O8.Cu/c45-33(46)13-1-5-17-21(9-13)29-37-25(17)41-30-22-10-14(34(47)48)2-6-18(22)27(38-30)43-32-24-12-16(36(51)52)4-8-20(24)28(40-32)44-31-23-11-15(35(49)50)3-7-19(23)26(39-31)42-29;/h1-12H,(H6,37,38,39,40,41,42,43,44,45,46,47,48,49,50,51,52);/q;+2/p-2. The Kier molecular flexibility index (Phi) is 7.35. The van der Waals surface area contributed by atoms with Gasteiger partial charge in [-0.25, -0.2) is 9.97 Å². The van der Waals surface area contributed by atoms with E-state index in [0.29, 0.717) is 21.9 Å². The predicted octanol–water partition coefficient (Wildman–Crippen LogP) is 0.0289. The molecule has 0 fully saturated rings. The molecule has 16 nitrogen and oxygen atoms in total. The van der Waals surface area contributed by atoms with Crippen molar-refractivity contribution < 1.29 is 62.4 Å². The number of aromatic nitrogens is 8. The number of carboxylic acids is 4. The zero-order valence-electron chi connectivity index (χ0n) is 30.1. The molecule has 0 N–H and O–H groups in total.